The third-order valence-corrected chi connectivity index (χ3v) is 3.99. The molecular formula is C19H19ClN4O. The Labute approximate surface area is 152 Å². The molecule has 0 amide bonds. The molecule has 25 heavy (non-hydrogen) atoms. The van der Waals surface area contributed by atoms with Crippen molar-refractivity contribution in [1.82, 2.24) is 9.97 Å². The number of para-hydroxylation sites is 1. The number of aromatic nitrogens is 2. The lowest BCUT2D eigenvalue weighted by atomic mass is 10.3. The molecule has 0 aliphatic rings. The van der Waals surface area contributed by atoms with E-state index in [1.54, 1.807) is 19.4 Å². The van der Waals surface area contributed by atoms with E-state index in [-0.39, 0.29) is 0 Å². The van der Waals surface area contributed by atoms with E-state index in [4.69, 9.17) is 16.3 Å². The highest BCUT2D eigenvalue weighted by molar-refractivity contribution is 6.32. The fourth-order valence-electron chi connectivity index (χ4n) is 2.49. The molecule has 1 N–H and O–H groups in total. The molecule has 1 heterocycles. The van der Waals surface area contributed by atoms with Crippen LogP contribution in [0.5, 0.6) is 5.75 Å². The standard InChI is InChI=1S/C19H19ClN4O/c1-3-24(15-7-5-4-6-8-15)19-21-12-11-18(23-19)22-14-9-10-17(25-2)16(20)13-14/h4-13H,3H2,1-2H3,(H,21,22,23). The maximum Gasteiger partial charge on any atom is 0.231 e. The Morgan fingerprint density at radius 2 is 1.92 bits per heavy atom. The van der Waals surface area contributed by atoms with Crippen LogP contribution in [0.15, 0.2) is 60.8 Å². The molecule has 0 saturated carbocycles. The largest absolute Gasteiger partial charge is 0.495 e. The number of anilines is 4. The van der Waals surface area contributed by atoms with Crippen LogP contribution in [0.25, 0.3) is 0 Å². The van der Waals surface area contributed by atoms with Gasteiger partial charge in [-0.3, -0.25) is 0 Å². The first-order valence-corrected chi connectivity index (χ1v) is 8.35. The Bertz CT molecular complexity index is 842. The van der Waals surface area contributed by atoms with Gasteiger partial charge in [0.25, 0.3) is 0 Å². The molecule has 0 unspecified atom stereocenters. The molecule has 0 spiro atoms. The van der Waals surface area contributed by atoms with Crippen molar-refractivity contribution in [2.24, 2.45) is 0 Å². The third kappa shape index (κ3) is 4.00. The second-order valence-electron chi connectivity index (χ2n) is 5.30. The summed E-state index contributed by atoms with van der Waals surface area (Å²) in [6.45, 7) is 2.83. The van der Waals surface area contributed by atoms with Crippen LogP contribution in [-0.2, 0) is 0 Å². The van der Waals surface area contributed by atoms with Gasteiger partial charge in [-0.25, -0.2) is 4.98 Å². The SMILES string of the molecule is CCN(c1ccccc1)c1nccc(Nc2ccc(OC)c(Cl)c2)n1. The first-order valence-electron chi connectivity index (χ1n) is 7.97. The Kier molecular flexibility index (Phi) is 5.36. The van der Waals surface area contributed by atoms with Gasteiger partial charge in [0.05, 0.1) is 12.1 Å². The van der Waals surface area contributed by atoms with Crippen LogP contribution in [0.4, 0.5) is 23.1 Å². The van der Waals surface area contributed by atoms with Gasteiger partial charge in [-0.05, 0) is 43.3 Å². The predicted octanol–water partition coefficient (Wildman–Crippen LogP) is 5.04. The number of nitrogens with one attached hydrogen (secondary N) is 1. The van der Waals surface area contributed by atoms with Crippen molar-refractivity contribution >= 4 is 34.7 Å². The van der Waals surface area contributed by atoms with Crippen LogP contribution >= 0.6 is 11.6 Å². The number of benzene rings is 2. The van der Waals surface area contributed by atoms with Crippen LogP contribution in [0, 0.1) is 0 Å². The zero-order chi connectivity index (χ0) is 17.6. The monoisotopic (exact) mass is 354 g/mol. The van der Waals surface area contributed by atoms with E-state index < -0.39 is 0 Å². The first-order chi connectivity index (χ1) is 12.2. The lowest BCUT2D eigenvalue weighted by molar-refractivity contribution is 0.415. The number of rotatable bonds is 6. The molecule has 5 nitrogen and oxygen atoms in total. The Morgan fingerprint density at radius 3 is 2.60 bits per heavy atom. The second kappa shape index (κ2) is 7.85. The average Bonchev–Trinajstić information content (AvgIpc) is 2.64. The fourth-order valence-corrected chi connectivity index (χ4v) is 2.75. The Balaban J connectivity index is 1.85. The molecule has 3 rings (SSSR count). The zero-order valence-electron chi connectivity index (χ0n) is 14.1. The molecule has 3 aromatic rings. The van der Waals surface area contributed by atoms with Crippen LogP contribution in [-0.4, -0.2) is 23.6 Å². The summed E-state index contributed by atoms with van der Waals surface area (Å²) in [4.78, 5) is 11.1. The molecule has 1 aromatic heterocycles. The number of hydrogen-bond acceptors (Lipinski definition) is 5. The highest BCUT2D eigenvalue weighted by Crippen LogP contribution is 2.29. The molecule has 0 bridgehead atoms. The minimum atomic E-state index is 0.543. The Hall–Kier alpha value is -2.79. The highest BCUT2D eigenvalue weighted by atomic mass is 35.5. The molecule has 128 valence electrons. The predicted molar refractivity (Wildman–Crippen MR) is 102 cm³/mol. The van der Waals surface area contributed by atoms with Crippen LogP contribution in [0.2, 0.25) is 5.02 Å². The summed E-state index contributed by atoms with van der Waals surface area (Å²) >= 11 is 6.17. The summed E-state index contributed by atoms with van der Waals surface area (Å²) < 4.78 is 5.17. The quantitative estimate of drug-likeness (QED) is 0.672. The van der Waals surface area contributed by atoms with E-state index in [1.807, 2.05) is 53.4 Å². The van der Waals surface area contributed by atoms with E-state index in [9.17, 15) is 0 Å². The van der Waals surface area contributed by atoms with Crippen molar-refractivity contribution < 1.29 is 4.74 Å². The van der Waals surface area contributed by atoms with Gasteiger partial charge in [0.15, 0.2) is 0 Å². The van der Waals surface area contributed by atoms with Gasteiger partial charge >= 0.3 is 0 Å². The van der Waals surface area contributed by atoms with E-state index in [0.29, 0.717) is 22.5 Å². The lowest BCUT2D eigenvalue weighted by Crippen LogP contribution is -2.18. The molecule has 0 aliphatic heterocycles. The molecule has 0 fully saturated rings. The lowest BCUT2D eigenvalue weighted by Gasteiger charge is -2.21. The van der Waals surface area contributed by atoms with Crippen molar-refractivity contribution in [3.63, 3.8) is 0 Å². The summed E-state index contributed by atoms with van der Waals surface area (Å²) in [6, 6.07) is 17.4. The van der Waals surface area contributed by atoms with Gasteiger partial charge in [0.1, 0.15) is 11.6 Å². The fraction of sp³-hybridized carbons (Fsp3) is 0.158. The van der Waals surface area contributed by atoms with E-state index in [2.05, 4.69) is 22.2 Å². The van der Waals surface area contributed by atoms with Gasteiger partial charge < -0.3 is 15.0 Å². The van der Waals surface area contributed by atoms with Crippen LogP contribution < -0.4 is 15.0 Å². The van der Waals surface area contributed by atoms with Crippen molar-refractivity contribution in [2.45, 2.75) is 6.92 Å². The zero-order valence-corrected chi connectivity index (χ0v) is 14.9. The molecular weight excluding hydrogens is 336 g/mol. The summed E-state index contributed by atoms with van der Waals surface area (Å²) in [5, 5.41) is 3.79. The minimum Gasteiger partial charge on any atom is -0.495 e. The molecule has 6 heteroatoms. The number of ether oxygens (including phenoxy) is 1. The van der Waals surface area contributed by atoms with Gasteiger partial charge in [0, 0.05) is 24.1 Å². The number of nitrogens with zero attached hydrogens (tertiary/aromatic N) is 3. The Morgan fingerprint density at radius 1 is 1.12 bits per heavy atom. The maximum absolute atomic E-state index is 6.17. The van der Waals surface area contributed by atoms with Crippen molar-refractivity contribution in [3.05, 3.63) is 65.8 Å². The summed E-state index contributed by atoms with van der Waals surface area (Å²) in [6.07, 6.45) is 1.74. The van der Waals surface area contributed by atoms with Crippen LogP contribution in [0.3, 0.4) is 0 Å². The topological polar surface area (TPSA) is 50.3 Å². The summed E-state index contributed by atoms with van der Waals surface area (Å²) in [7, 11) is 1.59. The summed E-state index contributed by atoms with van der Waals surface area (Å²) in [5.41, 5.74) is 1.88. The van der Waals surface area contributed by atoms with E-state index in [1.165, 1.54) is 0 Å². The molecule has 2 aromatic carbocycles. The van der Waals surface area contributed by atoms with Crippen LogP contribution in [0.1, 0.15) is 6.92 Å². The maximum atomic E-state index is 6.17. The molecule has 0 aliphatic carbocycles. The highest BCUT2D eigenvalue weighted by Gasteiger charge is 2.11. The van der Waals surface area contributed by atoms with Crippen molar-refractivity contribution in [1.29, 1.82) is 0 Å². The van der Waals surface area contributed by atoms with Gasteiger partial charge in [-0.2, -0.15) is 4.98 Å². The van der Waals surface area contributed by atoms with Gasteiger partial charge in [-0.15, -0.1) is 0 Å². The third-order valence-electron chi connectivity index (χ3n) is 3.69. The van der Waals surface area contributed by atoms with E-state index >= 15 is 0 Å². The van der Waals surface area contributed by atoms with Crippen molar-refractivity contribution in [3.8, 4) is 5.75 Å². The average molecular weight is 355 g/mol. The molecule has 0 atom stereocenters. The minimum absolute atomic E-state index is 0.543. The number of halogens is 1. The normalized spacial score (nSPS) is 10.4. The smallest absolute Gasteiger partial charge is 0.231 e. The number of hydrogen-bond donors (Lipinski definition) is 1. The molecule has 0 radical (unpaired) electrons. The molecule has 0 saturated heterocycles. The van der Waals surface area contributed by atoms with Gasteiger partial charge in [-0.1, -0.05) is 29.8 Å². The second-order valence-corrected chi connectivity index (χ2v) is 5.70. The first kappa shape index (κ1) is 17.0. The van der Waals surface area contributed by atoms with Gasteiger partial charge in [0.2, 0.25) is 5.95 Å². The number of methoxy groups -OCH3 is 1. The van der Waals surface area contributed by atoms with E-state index in [0.717, 1.165) is 17.9 Å². The summed E-state index contributed by atoms with van der Waals surface area (Å²) in [5.74, 6) is 1.97. The van der Waals surface area contributed by atoms with Crippen molar-refractivity contribution in [2.75, 3.05) is 23.9 Å².